The van der Waals surface area contributed by atoms with Crippen LogP contribution in [0.15, 0.2) is 36.9 Å². The van der Waals surface area contributed by atoms with Crippen molar-refractivity contribution in [3.63, 3.8) is 0 Å². The van der Waals surface area contributed by atoms with Gasteiger partial charge in [0.15, 0.2) is 35.8 Å². The molecule has 2 aliphatic rings. The largest absolute Gasteiger partial charge is 0.466 e. The topological polar surface area (TPSA) is 157 Å². The molecule has 2 fully saturated rings. The molecule has 43 heavy (non-hydrogen) atoms. The van der Waals surface area contributed by atoms with E-state index in [-0.39, 0.29) is 19.2 Å². The molecular weight excluding hydrogens is 560 g/mol. The number of rotatable bonds is 7. The molecule has 2 aliphatic heterocycles. The number of nitrogens with one attached hydrogen (secondary N) is 2. The third-order valence-corrected chi connectivity index (χ3v) is 6.37. The highest BCUT2D eigenvalue weighted by Gasteiger charge is 2.56. The maximum Gasteiger partial charge on any atom is 0.413 e. The highest BCUT2D eigenvalue weighted by Crippen LogP contribution is 2.43. The van der Waals surface area contributed by atoms with E-state index in [2.05, 4.69) is 37.4 Å². The van der Waals surface area contributed by atoms with Crippen molar-refractivity contribution in [1.29, 1.82) is 0 Å². The molecule has 14 nitrogen and oxygen atoms in total. The quantitative estimate of drug-likeness (QED) is 0.306. The Hall–Kier alpha value is -4.29. The molecule has 1 unspecified atom stereocenters. The Bertz CT molecular complexity index is 1560. The molecule has 4 atom stereocenters. The number of hydrogen-bond acceptors (Lipinski definition) is 11. The molecule has 0 spiro atoms. The highest BCUT2D eigenvalue weighted by molar-refractivity contribution is 5.94. The molecule has 0 aliphatic carbocycles. The van der Waals surface area contributed by atoms with Crippen LogP contribution in [0.4, 0.5) is 10.6 Å². The van der Waals surface area contributed by atoms with Crippen molar-refractivity contribution in [2.45, 2.75) is 70.5 Å². The number of hydrogen-bond donors (Lipinski definition) is 2. The van der Waals surface area contributed by atoms with E-state index in [0.29, 0.717) is 22.5 Å². The van der Waals surface area contributed by atoms with Crippen molar-refractivity contribution in [2.75, 3.05) is 25.8 Å². The van der Waals surface area contributed by atoms with E-state index in [0.717, 1.165) is 0 Å². The molecule has 3 aromatic rings. The number of carbonyl (C=O) groups is 2. The van der Waals surface area contributed by atoms with Crippen LogP contribution in [-0.2, 0) is 28.5 Å². The molecule has 0 saturated carbocycles. The summed E-state index contributed by atoms with van der Waals surface area (Å²) in [6.07, 6.45) is -0.135. The van der Waals surface area contributed by atoms with Crippen LogP contribution in [0.5, 0.6) is 5.75 Å². The second kappa shape index (κ2) is 12.1. The second-order valence-corrected chi connectivity index (χ2v) is 11.3. The van der Waals surface area contributed by atoms with Crippen molar-refractivity contribution in [3.05, 3.63) is 42.5 Å². The van der Waals surface area contributed by atoms with Crippen LogP contribution in [-0.4, -0.2) is 81.7 Å². The summed E-state index contributed by atoms with van der Waals surface area (Å²) in [7, 11) is 1.52. The zero-order valence-electron chi connectivity index (χ0n) is 24.7. The first-order chi connectivity index (χ1) is 20.4. The molecule has 1 aromatic carbocycles. The lowest BCUT2D eigenvalue weighted by Crippen LogP contribution is -2.39. The summed E-state index contributed by atoms with van der Waals surface area (Å²) in [4.78, 5) is 38.0. The normalized spacial score (nSPS) is 22.4. The minimum absolute atomic E-state index is 0.0614. The van der Waals surface area contributed by atoms with Gasteiger partial charge in [-0.25, -0.2) is 19.7 Å². The number of nitrogens with zero attached hydrogens (tertiary/aromatic N) is 4. The summed E-state index contributed by atoms with van der Waals surface area (Å²) in [5.41, 5.74) is 0.612. The van der Waals surface area contributed by atoms with Crippen molar-refractivity contribution < 1.29 is 38.0 Å². The predicted octanol–water partition coefficient (Wildman–Crippen LogP) is 2.74. The predicted molar refractivity (Wildman–Crippen MR) is 152 cm³/mol. The van der Waals surface area contributed by atoms with Crippen LogP contribution in [0.1, 0.15) is 46.4 Å². The van der Waals surface area contributed by atoms with E-state index in [1.54, 1.807) is 49.6 Å². The fraction of sp³-hybridized carbons (Fsp3) is 0.483. The third-order valence-electron chi connectivity index (χ3n) is 6.37. The Morgan fingerprint density at radius 2 is 1.88 bits per heavy atom. The van der Waals surface area contributed by atoms with E-state index in [4.69, 9.17) is 28.4 Å². The number of carbonyl (C=O) groups excluding carboxylic acids is 2. The van der Waals surface area contributed by atoms with Crippen LogP contribution in [0.2, 0.25) is 0 Å². The number of anilines is 1. The summed E-state index contributed by atoms with van der Waals surface area (Å²) >= 11 is 0. The first kappa shape index (κ1) is 30.2. The SMILES string of the molecule is COCOc1ccccc1C#CC(=O)NC[C@H]1O[C@@H](n2cnc3c(NC(=O)OC(C)(C)C)ncnc32)C2OC(C)(C)O[C@H]21. The summed E-state index contributed by atoms with van der Waals surface area (Å²) in [5, 5.41) is 5.42. The Morgan fingerprint density at radius 3 is 2.65 bits per heavy atom. The Morgan fingerprint density at radius 1 is 1.12 bits per heavy atom. The van der Waals surface area contributed by atoms with Gasteiger partial charge in [-0.2, -0.15) is 0 Å². The molecule has 2 saturated heterocycles. The summed E-state index contributed by atoms with van der Waals surface area (Å²) in [6.45, 7) is 9.08. The minimum Gasteiger partial charge on any atom is -0.466 e. The molecule has 4 heterocycles. The fourth-order valence-electron chi connectivity index (χ4n) is 4.76. The lowest BCUT2D eigenvalue weighted by Gasteiger charge is -2.24. The van der Waals surface area contributed by atoms with E-state index < -0.39 is 47.9 Å². The number of aromatic nitrogens is 4. The number of amides is 2. The van der Waals surface area contributed by atoms with Crippen molar-refractivity contribution in [2.24, 2.45) is 0 Å². The van der Waals surface area contributed by atoms with Crippen LogP contribution >= 0.6 is 0 Å². The maximum absolute atomic E-state index is 12.7. The summed E-state index contributed by atoms with van der Waals surface area (Å²) in [6, 6.07) is 7.10. The van der Waals surface area contributed by atoms with Crippen molar-refractivity contribution in [1.82, 2.24) is 24.8 Å². The van der Waals surface area contributed by atoms with Crippen LogP contribution in [0, 0.1) is 11.8 Å². The molecule has 2 aromatic heterocycles. The number of fused-ring (bicyclic) bond motifs is 2. The zero-order chi connectivity index (χ0) is 30.8. The molecule has 228 valence electrons. The van der Waals surface area contributed by atoms with Crippen LogP contribution < -0.4 is 15.4 Å². The molecule has 0 bridgehead atoms. The third kappa shape index (κ3) is 7.03. The van der Waals surface area contributed by atoms with Gasteiger partial charge in [-0.05, 0) is 46.8 Å². The summed E-state index contributed by atoms with van der Waals surface area (Å²) in [5.74, 6) is 4.73. The van der Waals surface area contributed by atoms with Gasteiger partial charge in [-0.1, -0.05) is 18.1 Å². The number of ether oxygens (including phenoxy) is 6. The molecule has 0 radical (unpaired) electrons. The smallest absolute Gasteiger partial charge is 0.413 e. The molecule has 2 N–H and O–H groups in total. The van der Waals surface area contributed by atoms with Crippen LogP contribution in [0.3, 0.4) is 0 Å². The van der Waals surface area contributed by atoms with Gasteiger partial charge in [0, 0.05) is 19.6 Å². The van der Waals surface area contributed by atoms with Gasteiger partial charge in [0.05, 0.1) is 11.9 Å². The monoisotopic (exact) mass is 594 g/mol. The first-order valence-corrected chi connectivity index (χ1v) is 13.6. The minimum atomic E-state index is -0.889. The Kier molecular flexibility index (Phi) is 8.52. The Labute approximate surface area is 248 Å². The number of imidazole rings is 1. The number of benzene rings is 1. The average molecular weight is 595 g/mol. The van der Waals surface area contributed by atoms with Gasteiger partial charge >= 0.3 is 6.09 Å². The van der Waals surface area contributed by atoms with Crippen molar-refractivity contribution >= 4 is 29.0 Å². The molecule has 5 rings (SSSR count). The van der Waals surface area contributed by atoms with E-state index in [1.807, 2.05) is 13.8 Å². The first-order valence-electron chi connectivity index (χ1n) is 13.6. The molecular formula is C29H34N6O8. The fourth-order valence-corrected chi connectivity index (χ4v) is 4.76. The lowest BCUT2D eigenvalue weighted by atomic mass is 10.1. The average Bonchev–Trinajstić information content (AvgIpc) is 3.60. The number of para-hydroxylation sites is 1. The van der Waals surface area contributed by atoms with Gasteiger partial charge < -0.3 is 33.7 Å². The summed E-state index contributed by atoms with van der Waals surface area (Å²) < 4.78 is 36.2. The Balaban J connectivity index is 1.31. The standard InChI is InChI=1S/C29H34N6O8/c1-28(2,3)43-27(37)34-24-21-25(32-14-31-24)35(15-33-21)26-23-22(41-29(4,5)42-23)19(40-26)13-30-20(36)12-11-17-9-7-8-10-18(17)39-16-38-6/h7-10,14-15,19,22-23,26H,13,16H2,1-6H3,(H,30,36)(H,31,32,34,37)/t19-,22+,23?,26-/m1/s1. The highest BCUT2D eigenvalue weighted by atomic mass is 16.8. The van der Waals surface area contributed by atoms with Crippen molar-refractivity contribution in [3.8, 4) is 17.6 Å². The van der Waals surface area contributed by atoms with E-state index in [1.165, 1.54) is 19.8 Å². The van der Waals surface area contributed by atoms with E-state index in [9.17, 15) is 9.59 Å². The van der Waals surface area contributed by atoms with Gasteiger partial charge in [0.1, 0.15) is 36.0 Å². The van der Waals surface area contributed by atoms with Gasteiger partial charge in [0.25, 0.3) is 5.91 Å². The molecule has 14 heteroatoms. The maximum atomic E-state index is 12.7. The van der Waals surface area contributed by atoms with Gasteiger partial charge in [-0.3, -0.25) is 14.7 Å². The number of methoxy groups -OCH3 is 1. The van der Waals surface area contributed by atoms with E-state index >= 15 is 0 Å². The van der Waals surface area contributed by atoms with Gasteiger partial charge in [0.2, 0.25) is 0 Å². The zero-order valence-corrected chi connectivity index (χ0v) is 24.7. The lowest BCUT2D eigenvalue weighted by molar-refractivity contribution is -0.195. The van der Waals surface area contributed by atoms with Crippen LogP contribution in [0.25, 0.3) is 11.2 Å². The van der Waals surface area contributed by atoms with Gasteiger partial charge in [-0.15, -0.1) is 0 Å². The molecule has 2 amide bonds. The second-order valence-electron chi connectivity index (χ2n) is 11.3.